The van der Waals surface area contributed by atoms with Gasteiger partial charge in [-0.05, 0) is 73.9 Å². The zero-order chi connectivity index (χ0) is 31.3. The molecule has 2 fully saturated rings. The molecule has 0 N–H and O–H groups in total. The van der Waals surface area contributed by atoms with Gasteiger partial charge in [0.05, 0.1) is 12.2 Å². The number of unbranched alkanes of at least 4 members (excludes halogenated alkanes) is 1. The molecule has 0 bridgehead atoms. The Kier molecular flexibility index (Phi) is 10.9. The van der Waals surface area contributed by atoms with Gasteiger partial charge in [0, 0.05) is 30.4 Å². The summed E-state index contributed by atoms with van der Waals surface area (Å²) in [6.45, 7) is 15.0. The van der Waals surface area contributed by atoms with Crippen molar-refractivity contribution < 1.29 is 23.4 Å². The first-order valence-corrected chi connectivity index (χ1v) is 20.0. The van der Waals surface area contributed by atoms with Gasteiger partial charge in [-0.3, -0.25) is 4.79 Å². The molecule has 0 aromatic heterocycles. The number of ether oxygens (including phenoxy) is 3. The summed E-state index contributed by atoms with van der Waals surface area (Å²) in [7, 11) is -2.17. The fourth-order valence-electron chi connectivity index (χ4n) is 6.75. The van der Waals surface area contributed by atoms with Crippen LogP contribution in [0.15, 0.2) is 54.1 Å². The van der Waals surface area contributed by atoms with Crippen LogP contribution in [-0.4, -0.2) is 33.1 Å². The van der Waals surface area contributed by atoms with Crippen molar-refractivity contribution in [1.29, 1.82) is 0 Å². The number of hydrogen-bond acceptors (Lipinski definition) is 5. The molecule has 44 heavy (non-hydrogen) atoms. The average Bonchev–Trinajstić information content (AvgIpc) is 3.32. The number of benzene rings is 2. The highest BCUT2D eigenvalue weighted by atomic mass is 28.4. The van der Waals surface area contributed by atoms with Gasteiger partial charge in [0.2, 0.25) is 0 Å². The Balaban J connectivity index is 1.42. The van der Waals surface area contributed by atoms with Crippen LogP contribution in [-0.2, 0) is 25.3 Å². The number of ketones is 1. The molecule has 1 heterocycles. The summed E-state index contributed by atoms with van der Waals surface area (Å²) < 4.78 is 26.2. The first-order chi connectivity index (χ1) is 21.1. The van der Waals surface area contributed by atoms with Gasteiger partial charge in [-0.15, -0.1) is 0 Å². The number of fused-ring (bicyclic) bond motifs is 2. The zero-order valence-electron chi connectivity index (χ0n) is 27.9. The summed E-state index contributed by atoms with van der Waals surface area (Å²) in [6.07, 6.45) is 10.8. The lowest BCUT2D eigenvalue weighted by Crippen LogP contribution is -2.44. The van der Waals surface area contributed by atoms with E-state index in [9.17, 15) is 4.79 Å². The first-order valence-electron chi connectivity index (χ1n) is 17.0. The van der Waals surface area contributed by atoms with Crippen LogP contribution in [0, 0.1) is 11.8 Å². The molecule has 2 aromatic carbocycles. The van der Waals surface area contributed by atoms with Crippen molar-refractivity contribution in [3.63, 3.8) is 0 Å². The minimum atomic E-state index is -2.17. The Morgan fingerprint density at radius 3 is 2.52 bits per heavy atom. The largest absolute Gasteiger partial charge is 0.488 e. The maximum absolute atomic E-state index is 13.8. The molecule has 1 saturated carbocycles. The third-order valence-electron chi connectivity index (χ3n) is 10.3. The quantitative estimate of drug-likeness (QED) is 0.209. The van der Waals surface area contributed by atoms with Gasteiger partial charge in [-0.25, -0.2) is 0 Å². The molecule has 3 unspecified atom stereocenters. The summed E-state index contributed by atoms with van der Waals surface area (Å²) >= 11 is 0. The van der Waals surface area contributed by atoms with Crippen LogP contribution in [0.1, 0.15) is 108 Å². The van der Waals surface area contributed by atoms with Gasteiger partial charge in [0.25, 0.3) is 0 Å². The van der Waals surface area contributed by atoms with E-state index in [2.05, 4.69) is 77.2 Å². The molecule has 3 aliphatic rings. The molecule has 5 nitrogen and oxygen atoms in total. The van der Waals surface area contributed by atoms with Crippen molar-refractivity contribution in [2.24, 2.45) is 11.8 Å². The average molecular weight is 619 g/mol. The molecule has 2 aliphatic carbocycles. The van der Waals surface area contributed by atoms with Gasteiger partial charge < -0.3 is 18.6 Å². The first kappa shape index (κ1) is 33.1. The van der Waals surface area contributed by atoms with Crippen molar-refractivity contribution in [2.75, 3.05) is 6.61 Å². The summed E-state index contributed by atoms with van der Waals surface area (Å²) in [5.74, 6) is 1.18. The predicted octanol–water partition coefficient (Wildman–Crippen LogP) is 9.81. The second-order valence-corrected chi connectivity index (χ2v) is 19.4. The van der Waals surface area contributed by atoms with E-state index in [0.29, 0.717) is 18.8 Å². The smallest absolute Gasteiger partial charge is 0.192 e. The molecule has 0 radical (unpaired) electrons. The fourth-order valence-corrected chi connectivity index (χ4v) is 8.01. The van der Waals surface area contributed by atoms with Gasteiger partial charge in [-0.1, -0.05) is 94.7 Å². The SMILES string of the molecule is CCCC[C@@H](CCC1C(=O)CC2=Cc3c(OCc4ccccc4)cccc3[C@@H](O[Si](C)(C)C(C)(C)C)C21)OC1CCCCO1. The molecule has 1 aliphatic heterocycles. The van der Waals surface area contributed by atoms with Crippen molar-refractivity contribution in [3.05, 3.63) is 70.8 Å². The van der Waals surface area contributed by atoms with Crippen molar-refractivity contribution in [3.8, 4) is 5.75 Å². The van der Waals surface area contributed by atoms with Crippen LogP contribution < -0.4 is 4.74 Å². The van der Waals surface area contributed by atoms with Crippen LogP contribution in [0.5, 0.6) is 5.75 Å². The molecule has 2 aromatic rings. The standard InChI is InChI=1S/C38H54O5Si/c1-7-8-17-29(42-35-20-12-13-23-40-35)21-22-31-33(39)25-28-24-32-30(37(36(28)31)43-44(5,6)38(2,3)4)18-14-19-34(32)41-26-27-15-10-9-11-16-27/h9-11,14-16,18-19,24,29,31,35-37H,7-8,12-13,17,20-23,25-26H2,1-6H3/t29-,31?,35?,36?,37+/m0/s1. The fraction of sp³-hybridized carbons (Fsp3) is 0.605. The molecule has 240 valence electrons. The van der Waals surface area contributed by atoms with Gasteiger partial charge in [0.1, 0.15) is 18.1 Å². The molecular formula is C38H54O5Si. The van der Waals surface area contributed by atoms with E-state index in [1.165, 1.54) is 5.57 Å². The monoisotopic (exact) mass is 618 g/mol. The lowest BCUT2D eigenvalue weighted by molar-refractivity contribution is -0.191. The lowest BCUT2D eigenvalue weighted by Gasteiger charge is -2.44. The third-order valence-corrected chi connectivity index (χ3v) is 14.8. The predicted molar refractivity (Wildman–Crippen MR) is 180 cm³/mol. The number of carbonyl (C=O) groups excluding carboxylic acids is 1. The Bertz CT molecular complexity index is 1270. The van der Waals surface area contributed by atoms with Gasteiger partial charge >= 0.3 is 0 Å². The van der Waals surface area contributed by atoms with Crippen LogP contribution in [0.2, 0.25) is 18.1 Å². The Morgan fingerprint density at radius 1 is 1.02 bits per heavy atom. The Hall–Kier alpha value is -2.25. The maximum atomic E-state index is 13.8. The Labute approximate surface area is 266 Å². The van der Waals surface area contributed by atoms with Crippen molar-refractivity contribution in [2.45, 2.75) is 129 Å². The lowest BCUT2D eigenvalue weighted by atomic mass is 9.76. The second-order valence-electron chi connectivity index (χ2n) is 14.6. The van der Waals surface area contributed by atoms with Gasteiger partial charge in [-0.2, -0.15) is 0 Å². The van der Waals surface area contributed by atoms with E-state index in [1.54, 1.807) is 0 Å². The molecule has 6 heteroatoms. The molecule has 0 spiro atoms. The van der Waals surface area contributed by atoms with Crippen LogP contribution in [0.3, 0.4) is 0 Å². The molecule has 1 saturated heterocycles. The van der Waals surface area contributed by atoms with E-state index >= 15 is 0 Å². The van der Waals surface area contributed by atoms with E-state index < -0.39 is 8.32 Å². The number of hydrogen-bond donors (Lipinski definition) is 0. The number of Topliss-reactive ketones (excluding diaryl/α,β-unsaturated/α-hetero) is 1. The van der Waals surface area contributed by atoms with Gasteiger partial charge in [0.15, 0.2) is 14.6 Å². The van der Waals surface area contributed by atoms with E-state index in [-0.39, 0.29) is 35.4 Å². The number of carbonyl (C=O) groups is 1. The zero-order valence-corrected chi connectivity index (χ0v) is 28.9. The highest BCUT2D eigenvalue weighted by molar-refractivity contribution is 6.74. The normalized spacial score (nSPS) is 24.4. The molecule has 0 amide bonds. The maximum Gasteiger partial charge on any atom is 0.192 e. The van der Waals surface area contributed by atoms with Crippen LogP contribution in [0.25, 0.3) is 6.08 Å². The third kappa shape index (κ3) is 7.75. The summed E-state index contributed by atoms with van der Waals surface area (Å²) in [4.78, 5) is 13.8. The summed E-state index contributed by atoms with van der Waals surface area (Å²) in [6, 6.07) is 16.6. The molecular weight excluding hydrogens is 564 g/mol. The second kappa shape index (κ2) is 14.4. The molecule has 5 rings (SSSR count). The van der Waals surface area contributed by atoms with E-state index in [0.717, 1.165) is 80.4 Å². The minimum Gasteiger partial charge on any atom is -0.488 e. The Morgan fingerprint density at radius 2 is 1.82 bits per heavy atom. The minimum absolute atomic E-state index is 0.0475. The summed E-state index contributed by atoms with van der Waals surface area (Å²) in [5.41, 5.74) is 4.57. The van der Waals surface area contributed by atoms with E-state index in [4.69, 9.17) is 18.6 Å². The van der Waals surface area contributed by atoms with Crippen LogP contribution >= 0.6 is 0 Å². The van der Waals surface area contributed by atoms with Crippen LogP contribution in [0.4, 0.5) is 0 Å². The molecule has 5 atom stereocenters. The summed E-state index contributed by atoms with van der Waals surface area (Å²) in [5, 5.41) is 0.0487. The van der Waals surface area contributed by atoms with Crippen molar-refractivity contribution in [1.82, 2.24) is 0 Å². The topological polar surface area (TPSA) is 54.0 Å². The van der Waals surface area contributed by atoms with E-state index in [1.807, 2.05) is 18.2 Å². The van der Waals surface area contributed by atoms with Crippen molar-refractivity contribution >= 4 is 20.2 Å². The highest BCUT2D eigenvalue weighted by Gasteiger charge is 2.50. The highest BCUT2D eigenvalue weighted by Crippen LogP contribution is 2.54. The number of rotatable bonds is 13.